The first-order valence-corrected chi connectivity index (χ1v) is 6.81. The van der Waals surface area contributed by atoms with Crippen LogP contribution in [-0.2, 0) is 11.3 Å². The molecule has 2 aromatic rings. The lowest BCUT2D eigenvalue weighted by Gasteiger charge is -2.10. The summed E-state index contributed by atoms with van der Waals surface area (Å²) in [5.41, 5.74) is 1.31. The largest absolute Gasteiger partial charge is 0.475 e. The van der Waals surface area contributed by atoms with E-state index in [-0.39, 0.29) is 11.9 Å². The fourth-order valence-corrected chi connectivity index (χ4v) is 2.61. The monoisotopic (exact) mass is 275 g/mol. The summed E-state index contributed by atoms with van der Waals surface area (Å²) in [7, 11) is 0. The van der Waals surface area contributed by atoms with E-state index in [4.69, 9.17) is 9.15 Å². The molecule has 1 fully saturated rings. The first kappa shape index (κ1) is 13.1. The molecule has 5 nitrogen and oxygen atoms in total. The van der Waals surface area contributed by atoms with Gasteiger partial charge in [-0.3, -0.25) is 0 Å². The maximum atomic E-state index is 11.3. The molecule has 1 atom stereocenters. The third-order valence-corrected chi connectivity index (χ3v) is 3.59. The molecular weight excluding hydrogens is 258 g/mol. The predicted octanol–water partition coefficient (Wildman–Crippen LogP) is 2.40. The summed E-state index contributed by atoms with van der Waals surface area (Å²) in [5, 5.41) is 13.4. The van der Waals surface area contributed by atoms with E-state index in [2.05, 4.69) is 5.32 Å². The average molecular weight is 275 g/mol. The van der Waals surface area contributed by atoms with Gasteiger partial charge in [-0.15, -0.1) is 0 Å². The van der Waals surface area contributed by atoms with E-state index in [1.165, 1.54) is 0 Å². The number of rotatable bonds is 5. The van der Waals surface area contributed by atoms with Gasteiger partial charge in [0.1, 0.15) is 5.58 Å². The molecule has 1 unspecified atom stereocenters. The molecule has 1 aliphatic heterocycles. The number of ether oxygens (including phenoxy) is 1. The Bertz CT molecular complexity index is 613. The van der Waals surface area contributed by atoms with E-state index in [0.29, 0.717) is 17.7 Å². The lowest BCUT2D eigenvalue weighted by atomic mass is 10.1. The van der Waals surface area contributed by atoms with Crippen LogP contribution >= 0.6 is 0 Å². The molecule has 1 aromatic carbocycles. The number of carboxylic acids is 1. The van der Waals surface area contributed by atoms with Gasteiger partial charge in [0.15, 0.2) is 0 Å². The Morgan fingerprint density at radius 1 is 1.40 bits per heavy atom. The van der Waals surface area contributed by atoms with Gasteiger partial charge in [0.25, 0.3) is 0 Å². The van der Waals surface area contributed by atoms with E-state index in [9.17, 15) is 9.90 Å². The number of benzene rings is 1. The molecule has 0 amide bonds. The molecule has 20 heavy (non-hydrogen) atoms. The summed E-state index contributed by atoms with van der Waals surface area (Å²) >= 11 is 0. The zero-order valence-corrected chi connectivity index (χ0v) is 11.1. The van der Waals surface area contributed by atoms with E-state index >= 15 is 0 Å². The van der Waals surface area contributed by atoms with Gasteiger partial charge in [-0.05, 0) is 18.9 Å². The van der Waals surface area contributed by atoms with Crippen LogP contribution in [0, 0.1) is 0 Å². The van der Waals surface area contributed by atoms with Gasteiger partial charge in [0.05, 0.1) is 6.10 Å². The van der Waals surface area contributed by atoms with Crippen molar-refractivity contribution in [2.75, 3.05) is 13.2 Å². The van der Waals surface area contributed by atoms with Crippen molar-refractivity contribution in [1.82, 2.24) is 5.32 Å². The molecule has 0 radical (unpaired) electrons. The van der Waals surface area contributed by atoms with Gasteiger partial charge in [0, 0.05) is 30.6 Å². The number of carbonyl (C=O) groups is 1. The highest BCUT2D eigenvalue weighted by Gasteiger charge is 2.20. The van der Waals surface area contributed by atoms with Crippen molar-refractivity contribution in [3.8, 4) is 0 Å². The second kappa shape index (κ2) is 5.64. The van der Waals surface area contributed by atoms with Crippen LogP contribution in [0.1, 0.15) is 29.0 Å². The molecule has 1 aliphatic rings. The topological polar surface area (TPSA) is 71.7 Å². The van der Waals surface area contributed by atoms with E-state index < -0.39 is 5.97 Å². The van der Waals surface area contributed by atoms with Gasteiger partial charge in [-0.25, -0.2) is 4.79 Å². The highest BCUT2D eigenvalue weighted by Crippen LogP contribution is 2.25. The molecule has 0 spiro atoms. The van der Waals surface area contributed by atoms with Crippen molar-refractivity contribution in [3.05, 3.63) is 35.6 Å². The van der Waals surface area contributed by atoms with Crippen LogP contribution in [-0.4, -0.2) is 30.3 Å². The summed E-state index contributed by atoms with van der Waals surface area (Å²) in [4.78, 5) is 11.3. The Labute approximate surface area is 116 Å². The first-order chi connectivity index (χ1) is 9.75. The highest BCUT2D eigenvalue weighted by molar-refractivity contribution is 5.95. The number of fused-ring (bicyclic) bond motifs is 1. The van der Waals surface area contributed by atoms with Crippen molar-refractivity contribution in [3.63, 3.8) is 0 Å². The van der Waals surface area contributed by atoms with Crippen molar-refractivity contribution in [2.24, 2.45) is 0 Å². The van der Waals surface area contributed by atoms with Gasteiger partial charge >= 0.3 is 5.97 Å². The Morgan fingerprint density at radius 2 is 2.25 bits per heavy atom. The number of aromatic carboxylic acids is 1. The summed E-state index contributed by atoms with van der Waals surface area (Å²) in [5.74, 6) is -1.01. The van der Waals surface area contributed by atoms with Crippen LogP contribution in [0.25, 0.3) is 11.0 Å². The quantitative estimate of drug-likeness (QED) is 0.876. The van der Waals surface area contributed by atoms with Crippen LogP contribution in [0.3, 0.4) is 0 Å². The van der Waals surface area contributed by atoms with Gasteiger partial charge in [-0.2, -0.15) is 0 Å². The molecule has 5 heteroatoms. The van der Waals surface area contributed by atoms with E-state index in [1.807, 2.05) is 18.2 Å². The zero-order chi connectivity index (χ0) is 13.9. The molecule has 3 rings (SSSR count). The van der Waals surface area contributed by atoms with Crippen LogP contribution in [0.15, 0.2) is 28.7 Å². The Morgan fingerprint density at radius 3 is 3.00 bits per heavy atom. The SMILES string of the molecule is O=C(O)c1oc2ccccc2c1CNCC1CCCO1. The summed E-state index contributed by atoms with van der Waals surface area (Å²) in [6.07, 6.45) is 2.40. The van der Waals surface area contributed by atoms with Crippen molar-refractivity contribution < 1.29 is 19.1 Å². The second-order valence-electron chi connectivity index (χ2n) is 4.98. The minimum atomic E-state index is -1.03. The van der Waals surface area contributed by atoms with E-state index in [1.54, 1.807) is 6.07 Å². The number of carboxylic acid groups (broad SMARTS) is 1. The fraction of sp³-hybridized carbons (Fsp3) is 0.400. The molecule has 0 aliphatic carbocycles. The zero-order valence-electron chi connectivity index (χ0n) is 11.1. The first-order valence-electron chi connectivity index (χ1n) is 6.81. The molecule has 0 saturated carbocycles. The third-order valence-electron chi connectivity index (χ3n) is 3.59. The average Bonchev–Trinajstić information content (AvgIpc) is 3.07. The van der Waals surface area contributed by atoms with Crippen LogP contribution in [0.5, 0.6) is 0 Å². The maximum absolute atomic E-state index is 11.3. The molecular formula is C15H17NO4. The summed E-state index contributed by atoms with van der Waals surface area (Å²) in [6, 6.07) is 7.38. The minimum Gasteiger partial charge on any atom is -0.475 e. The third kappa shape index (κ3) is 2.55. The summed E-state index contributed by atoms with van der Waals surface area (Å²) in [6.45, 7) is 2.03. The Kier molecular flexibility index (Phi) is 3.71. The Hall–Kier alpha value is -1.85. The van der Waals surface area contributed by atoms with Crippen LogP contribution in [0.4, 0.5) is 0 Å². The van der Waals surface area contributed by atoms with Crippen molar-refractivity contribution >= 4 is 16.9 Å². The van der Waals surface area contributed by atoms with Crippen molar-refractivity contribution in [1.29, 1.82) is 0 Å². The maximum Gasteiger partial charge on any atom is 0.372 e. The molecule has 2 N–H and O–H groups in total. The standard InChI is InChI=1S/C15H17NO4/c17-15(18)14-12(9-16-8-10-4-3-7-19-10)11-5-1-2-6-13(11)20-14/h1-2,5-6,10,16H,3-4,7-9H2,(H,17,18). The molecule has 2 heterocycles. The number of furan rings is 1. The highest BCUT2D eigenvalue weighted by atomic mass is 16.5. The van der Waals surface area contributed by atoms with Crippen LogP contribution in [0.2, 0.25) is 0 Å². The normalized spacial score (nSPS) is 18.7. The van der Waals surface area contributed by atoms with Gasteiger partial charge in [0.2, 0.25) is 5.76 Å². The molecule has 1 saturated heterocycles. The van der Waals surface area contributed by atoms with E-state index in [0.717, 1.165) is 31.4 Å². The fourth-order valence-electron chi connectivity index (χ4n) is 2.61. The second-order valence-corrected chi connectivity index (χ2v) is 4.98. The number of nitrogens with one attached hydrogen (secondary N) is 1. The van der Waals surface area contributed by atoms with Gasteiger partial charge < -0.3 is 19.6 Å². The molecule has 106 valence electrons. The predicted molar refractivity (Wildman–Crippen MR) is 73.9 cm³/mol. The number of hydrogen-bond donors (Lipinski definition) is 2. The Balaban J connectivity index is 1.78. The van der Waals surface area contributed by atoms with Gasteiger partial charge in [-0.1, -0.05) is 18.2 Å². The number of hydrogen-bond acceptors (Lipinski definition) is 4. The van der Waals surface area contributed by atoms with Crippen LogP contribution < -0.4 is 5.32 Å². The molecule has 1 aromatic heterocycles. The number of para-hydroxylation sites is 1. The smallest absolute Gasteiger partial charge is 0.372 e. The lowest BCUT2D eigenvalue weighted by Crippen LogP contribution is -2.26. The molecule has 0 bridgehead atoms. The lowest BCUT2D eigenvalue weighted by molar-refractivity contribution is 0.0663. The minimum absolute atomic E-state index is 0.0195. The summed E-state index contributed by atoms with van der Waals surface area (Å²) < 4.78 is 10.9. The van der Waals surface area contributed by atoms with Crippen molar-refractivity contribution in [2.45, 2.75) is 25.5 Å².